The molecular weight excluding hydrogens is 142 g/mol. The molecule has 0 fully saturated rings. The van der Waals surface area contributed by atoms with Gasteiger partial charge in [0.1, 0.15) is 0 Å². The number of carbonyl (C=O) groups excluding carboxylic acids is 1. The summed E-state index contributed by atoms with van der Waals surface area (Å²) in [6, 6.07) is 0. The minimum absolute atomic E-state index is 0.0401. The first-order valence-corrected chi connectivity index (χ1v) is 3.08. The number of hydrogen-bond donors (Lipinski definition) is 3. The Morgan fingerprint density at radius 2 is 2.44 bits per heavy atom. The summed E-state index contributed by atoms with van der Waals surface area (Å²) in [5, 5.41) is 8.18. The minimum Gasteiger partial charge on any atom is -0.395 e. The molecule has 0 aromatic carbocycles. The van der Waals surface area contributed by atoms with Crippen LogP contribution >= 0.6 is 12.6 Å². The summed E-state index contributed by atoms with van der Waals surface area (Å²) in [5.74, 6) is -0.412. The first-order valence-electron chi connectivity index (χ1n) is 2.45. The second kappa shape index (κ2) is 5.87. The van der Waals surface area contributed by atoms with Gasteiger partial charge in [-0.1, -0.05) is 0 Å². The molecule has 0 aromatic rings. The molecule has 0 unspecified atom stereocenters. The quantitative estimate of drug-likeness (QED) is 0.273. The van der Waals surface area contributed by atoms with E-state index in [0.29, 0.717) is 0 Å². The standard InChI is InChI=1S/C4H9NO3S/c6-2-1-5-8-4(7)3-9/h5-6,9H,1-3H2. The molecule has 4 nitrogen and oxygen atoms in total. The highest BCUT2D eigenvalue weighted by molar-refractivity contribution is 7.81. The zero-order valence-corrected chi connectivity index (χ0v) is 5.73. The van der Waals surface area contributed by atoms with E-state index in [4.69, 9.17) is 5.11 Å². The molecule has 9 heavy (non-hydrogen) atoms. The van der Waals surface area contributed by atoms with Crippen LogP contribution < -0.4 is 5.48 Å². The third kappa shape index (κ3) is 5.61. The monoisotopic (exact) mass is 151 g/mol. The normalized spacial score (nSPS) is 9.11. The molecule has 0 aliphatic rings. The van der Waals surface area contributed by atoms with Crippen LogP contribution in [0, 0.1) is 0 Å². The number of rotatable bonds is 4. The van der Waals surface area contributed by atoms with Crippen LogP contribution in [0.25, 0.3) is 0 Å². The maximum atomic E-state index is 10.2. The van der Waals surface area contributed by atoms with E-state index in [2.05, 4.69) is 22.9 Å². The van der Waals surface area contributed by atoms with E-state index in [-0.39, 0.29) is 18.9 Å². The van der Waals surface area contributed by atoms with Crippen molar-refractivity contribution in [1.29, 1.82) is 0 Å². The van der Waals surface area contributed by atoms with E-state index in [9.17, 15) is 4.79 Å². The largest absolute Gasteiger partial charge is 0.395 e. The number of aliphatic hydroxyl groups is 1. The van der Waals surface area contributed by atoms with Gasteiger partial charge in [0, 0.05) is 0 Å². The molecule has 0 aliphatic heterocycles. The predicted octanol–water partition coefficient (Wildman–Crippen LogP) is -1.04. The molecule has 0 rings (SSSR count). The van der Waals surface area contributed by atoms with Crippen LogP contribution in [0.4, 0.5) is 0 Å². The SMILES string of the molecule is O=C(CS)ONCCO. The summed E-state index contributed by atoms with van der Waals surface area (Å²) in [6.45, 7) is 0.194. The van der Waals surface area contributed by atoms with Crippen molar-refractivity contribution in [2.45, 2.75) is 0 Å². The van der Waals surface area contributed by atoms with Crippen molar-refractivity contribution >= 4 is 18.6 Å². The number of hydrogen-bond acceptors (Lipinski definition) is 5. The third-order valence-corrected chi connectivity index (χ3v) is 0.787. The lowest BCUT2D eigenvalue weighted by Gasteiger charge is -1.99. The Labute approximate surface area is 58.6 Å². The van der Waals surface area contributed by atoms with Crippen molar-refractivity contribution in [2.24, 2.45) is 0 Å². The van der Waals surface area contributed by atoms with E-state index < -0.39 is 5.97 Å². The highest BCUT2D eigenvalue weighted by atomic mass is 32.1. The smallest absolute Gasteiger partial charge is 0.334 e. The zero-order chi connectivity index (χ0) is 7.11. The zero-order valence-electron chi connectivity index (χ0n) is 4.83. The number of nitrogens with one attached hydrogen (secondary N) is 1. The van der Waals surface area contributed by atoms with Gasteiger partial charge in [-0.15, -0.1) is 0 Å². The Bertz CT molecular complexity index is 87.9. The van der Waals surface area contributed by atoms with Crippen molar-refractivity contribution in [3.8, 4) is 0 Å². The fraction of sp³-hybridized carbons (Fsp3) is 0.750. The number of aliphatic hydroxyl groups excluding tert-OH is 1. The molecule has 0 aromatic heterocycles. The van der Waals surface area contributed by atoms with Gasteiger partial charge >= 0.3 is 5.97 Å². The van der Waals surface area contributed by atoms with Crippen LogP contribution in [0.5, 0.6) is 0 Å². The second-order valence-corrected chi connectivity index (χ2v) is 1.57. The van der Waals surface area contributed by atoms with E-state index in [1.54, 1.807) is 0 Å². The number of thiol groups is 1. The van der Waals surface area contributed by atoms with E-state index in [0.717, 1.165) is 0 Å². The summed E-state index contributed by atoms with van der Waals surface area (Å²) in [4.78, 5) is 14.6. The average Bonchev–Trinajstić information content (AvgIpc) is 1.89. The van der Waals surface area contributed by atoms with Gasteiger partial charge in [-0.25, -0.2) is 4.79 Å². The number of carbonyl (C=O) groups is 1. The van der Waals surface area contributed by atoms with Crippen LogP contribution in [0.1, 0.15) is 0 Å². The number of hydroxylamine groups is 1. The first kappa shape index (κ1) is 8.74. The lowest BCUT2D eigenvalue weighted by atomic mass is 10.7. The summed E-state index contributed by atoms with van der Waals surface area (Å²) in [5.41, 5.74) is 2.24. The Morgan fingerprint density at radius 1 is 1.78 bits per heavy atom. The molecule has 0 atom stereocenters. The molecule has 0 radical (unpaired) electrons. The first-order chi connectivity index (χ1) is 4.31. The van der Waals surface area contributed by atoms with Crippen LogP contribution in [0.2, 0.25) is 0 Å². The van der Waals surface area contributed by atoms with Crippen molar-refractivity contribution in [1.82, 2.24) is 5.48 Å². The fourth-order valence-electron chi connectivity index (χ4n) is 0.209. The summed E-state index contributed by atoms with van der Waals surface area (Å²) >= 11 is 3.64. The van der Waals surface area contributed by atoms with E-state index in [1.807, 2.05) is 0 Å². The fourth-order valence-corrected chi connectivity index (χ4v) is 0.274. The maximum Gasteiger partial charge on any atom is 0.334 e. The maximum absolute atomic E-state index is 10.2. The molecule has 0 saturated carbocycles. The van der Waals surface area contributed by atoms with Crippen molar-refractivity contribution in [3.05, 3.63) is 0 Å². The van der Waals surface area contributed by atoms with E-state index in [1.165, 1.54) is 0 Å². The molecule has 54 valence electrons. The highest BCUT2D eigenvalue weighted by Gasteiger charge is 1.95. The van der Waals surface area contributed by atoms with E-state index >= 15 is 0 Å². The van der Waals surface area contributed by atoms with Gasteiger partial charge in [-0.2, -0.15) is 18.1 Å². The summed E-state index contributed by atoms with van der Waals surface area (Å²) < 4.78 is 0. The molecular formula is C4H9NO3S. The Morgan fingerprint density at radius 3 is 2.89 bits per heavy atom. The topological polar surface area (TPSA) is 58.6 Å². The van der Waals surface area contributed by atoms with Gasteiger partial charge < -0.3 is 9.94 Å². The summed E-state index contributed by atoms with van der Waals surface area (Å²) in [6.07, 6.45) is 0. The molecule has 0 aliphatic carbocycles. The van der Waals surface area contributed by atoms with Crippen molar-refractivity contribution in [2.75, 3.05) is 18.9 Å². The second-order valence-electron chi connectivity index (χ2n) is 1.25. The van der Waals surface area contributed by atoms with Gasteiger partial charge in [-0.05, 0) is 0 Å². The Kier molecular flexibility index (Phi) is 5.70. The Hall–Kier alpha value is -0.260. The molecule has 0 spiro atoms. The summed E-state index contributed by atoms with van der Waals surface area (Å²) in [7, 11) is 0. The Balaban J connectivity index is 2.97. The van der Waals surface area contributed by atoms with Gasteiger partial charge in [0.2, 0.25) is 0 Å². The molecule has 0 saturated heterocycles. The lowest BCUT2D eigenvalue weighted by Crippen LogP contribution is -2.23. The van der Waals surface area contributed by atoms with Crippen LogP contribution in [-0.2, 0) is 9.63 Å². The minimum atomic E-state index is -0.452. The van der Waals surface area contributed by atoms with Crippen LogP contribution in [0.15, 0.2) is 0 Å². The third-order valence-electron chi connectivity index (χ3n) is 0.529. The van der Waals surface area contributed by atoms with Crippen LogP contribution in [-0.4, -0.2) is 30.0 Å². The molecule has 2 N–H and O–H groups in total. The lowest BCUT2D eigenvalue weighted by molar-refractivity contribution is -0.147. The molecule has 0 heterocycles. The van der Waals surface area contributed by atoms with Crippen molar-refractivity contribution < 1.29 is 14.7 Å². The molecule has 0 bridgehead atoms. The van der Waals surface area contributed by atoms with Gasteiger partial charge in [0.15, 0.2) is 0 Å². The van der Waals surface area contributed by atoms with Gasteiger partial charge in [-0.3, -0.25) is 0 Å². The molecule has 5 heteroatoms. The van der Waals surface area contributed by atoms with Crippen LogP contribution in [0.3, 0.4) is 0 Å². The highest BCUT2D eigenvalue weighted by Crippen LogP contribution is 1.76. The molecule has 0 amide bonds. The van der Waals surface area contributed by atoms with Gasteiger partial charge in [0.05, 0.1) is 18.9 Å². The van der Waals surface area contributed by atoms with Crippen molar-refractivity contribution in [3.63, 3.8) is 0 Å². The predicted molar refractivity (Wildman–Crippen MR) is 35.0 cm³/mol. The van der Waals surface area contributed by atoms with Gasteiger partial charge in [0.25, 0.3) is 0 Å². The average molecular weight is 151 g/mol.